The van der Waals surface area contributed by atoms with Gasteiger partial charge in [-0.2, -0.15) is 5.10 Å². The standard InChI is InChI=1S/C14H13BrN2O2S/c1-9(11-7-8-12(15)20-11)16-17-14(19)13(18)10-5-3-2-4-6-10/h2-8,13,18H,1H3,(H,17,19)/t13-/m1/s1. The monoisotopic (exact) mass is 352 g/mol. The molecule has 1 atom stereocenters. The fourth-order valence-corrected chi connectivity index (χ4v) is 2.88. The van der Waals surface area contributed by atoms with E-state index < -0.39 is 12.0 Å². The number of nitrogens with one attached hydrogen (secondary N) is 1. The molecule has 1 aromatic carbocycles. The number of rotatable bonds is 4. The maximum Gasteiger partial charge on any atom is 0.273 e. The Labute approximate surface area is 129 Å². The van der Waals surface area contributed by atoms with Crippen LogP contribution < -0.4 is 5.43 Å². The average molecular weight is 353 g/mol. The number of benzene rings is 1. The number of thiophene rings is 1. The number of hydrogen-bond acceptors (Lipinski definition) is 4. The summed E-state index contributed by atoms with van der Waals surface area (Å²) in [6.45, 7) is 1.80. The van der Waals surface area contributed by atoms with Crippen LogP contribution in [-0.4, -0.2) is 16.7 Å². The highest BCUT2D eigenvalue weighted by atomic mass is 79.9. The molecule has 0 saturated heterocycles. The molecule has 4 nitrogen and oxygen atoms in total. The third-order valence-corrected chi connectivity index (χ3v) is 4.36. The third kappa shape index (κ3) is 3.75. The SMILES string of the molecule is CC(=NNC(=O)[C@H](O)c1ccccc1)c1ccc(Br)s1. The fourth-order valence-electron chi connectivity index (χ4n) is 1.55. The van der Waals surface area contributed by atoms with Crippen LogP contribution >= 0.6 is 27.3 Å². The topological polar surface area (TPSA) is 61.7 Å². The van der Waals surface area contributed by atoms with Gasteiger partial charge < -0.3 is 5.11 Å². The van der Waals surface area contributed by atoms with Crippen molar-refractivity contribution < 1.29 is 9.90 Å². The fraction of sp³-hybridized carbons (Fsp3) is 0.143. The Morgan fingerprint density at radius 1 is 1.30 bits per heavy atom. The summed E-state index contributed by atoms with van der Waals surface area (Å²) >= 11 is 4.89. The number of aliphatic hydroxyl groups is 1. The molecule has 20 heavy (non-hydrogen) atoms. The maximum atomic E-state index is 11.8. The molecule has 0 aliphatic heterocycles. The number of hydrazone groups is 1. The van der Waals surface area contributed by atoms with Crippen molar-refractivity contribution in [3.63, 3.8) is 0 Å². The second kappa shape index (κ2) is 6.78. The second-order valence-electron chi connectivity index (χ2n) is 4.09. The number of carbonyl (C=O) groups is 1. The molecule has 0 bridgehead atoms. The summed E-state index contributed by atoms with van der Waals surface area (Å²) in [5.74, 6) is -0.550. The largest absolute Gasteiger partial charge is 0.378 e. The van der Waals surface area contributed by atoms with E-state index in [1.807, 2.05) is 18.2 Å². The van der Waals surface area contributed by atoms with Crippen LogP contribution in [0.5, 0.6) is 0 Å². The molecule has 6 heteroatoms. The van der Waals surface area contributed by atoms with Crippen molar-refractivity contribution in [1.29, 1.82) is 0 Å². The quantitative estimate of drug-likeness (QED) is 0.656. The molecule has 0 spiro atoms. The molecule has 0 radical (unpaired) electrons. The Morgan fingerprint density at radius 3 is 2.60 bits per heavy atom. The van der Waals surface area contributed by atoms with E-state index in [9.17, 15) is 9.90 Å². The average Bonchev–Trinajstić information content (AvgIpc) is 2.91. The first-order valence-corrected chi connectivity index (χ1v) is 7.51. The number of carbonyl (C=O) groups excluding carboxylic acids is 1. The molecule has 1 aromatic heterocycles. The summed E-state index contributed by atoms with van der Waals surface area (Å²) in [7, 11) is 0. The van der Waals surface area contributed by atoms with Crippen molar-refractivity contribution in [2.75, 3.05) is 0 Å². The molecule has 2 rings (SSSR count). The molecule has 0 saturated carbocycles. The highest BCUT2D eigenvalue weighted by Gasteiger charge is 2.16. The summed E-state index contributed by atoms with van der Waals surface area (Å²) in [6.07, 6.45) is -1.22. The molecule has 0 aliphatic rings. The lowest BCUT2D eigenvalue weighted by molar-refractivity contribution is -0.129. The minimum absolute atomic E-state index is 0.539. The van der Waals surface area contributed by atoms with E-state index in [4.69, 9.17) is 0 Å². The molecule has 0 aliphatic carbocycles. The lowest BCUT2D eigenvalue weighted by Gasteiger charge is -2.09. The number of amides is 1. The van der Waals surface area contributed by atoms with Crippen LogP contribution in [0.25, 0.3) is 0 Å². The van der Waals surface area contributed by atoms with Gasteiger partial charge in [0, 0.05) is 0 Å². The molecule has 1 heterocycles. The zero-order valence-corrected chi connectivity index (χ0v) is 13.1. The Kier molecular flexibility index (Phi) is 5.05. The molecule has 0 fully saturated rings. The third-order valence-electron chi connectivity index (χ3n) is 2.63. The van der Waals surface area contributed by atoms with Gasteiger partial charge in [0.25, 0.3) is 5.91 Å². The lowest BCUT2D eigenvalue weighted by Crippen LogP contribution is -2.26. The highest BCUT2D eigenvalue weighted by molar-refractivity contribution is 9.11. The minimum Gasteiger partial charge on any atom is -0.378 e. The van der Waals surface area contributed by atoms with Crippen molar-refractivity contribution in [2.45, 2.75) is 13.0 Å². The Hall–Kier alpha value is -1.50. The summed E-state index contributed by atoms with van der Waals surface area (Å²) < 4.78 is 0.998. The van der Waals surface area contributed by atoms with Crippen LogP contribution in [0.4, 0.5) is 0 Å². The van der Waals surface area contributed by atoms with Gasteiger partial charge >= 0.3 is 0 Å². The van der Waals surface area contributed by atoms with Gasteiger partial charge in [-0.1, -0.05) is 30.3 Å². The molecular weight excluding hydrogens is 340 g/mol. The van der Waals surface area contributed by atoms with Crippen molar-refractivity contribution in [1.82, 2.24) is 5.43 Å². The van der Waals surface area contributed by atoms with Gasteiger partial charge in [-0.05, 0) is 40.5 Å². The van der Waals surface area contributed by atoms with Crippen molar-refractivity contribution >= 4 is 38.9 Å². The predicted octanol–water partition coefficient (Wildman–Crippen LogP) is 3.08. The van der Waals surface area contributed by atoms with Crippen LogP contribution in [0.3, 0.4) is 0 Å². The molecule has 0 unspecified atom stereocenters. The predicted molar refractivity (Wildman–Crippen MR) is 83.8 cm³/mol. The van der Waals surface area contributed by atoms with E-state index in [1.54, 1.807) is 31.2 Å². The van der Waals surface area contributed by atoms with Crippen molar-refractivity contribution in [2.24, 2.45) is 5.10 Å². The van der Waals surface area contributed by atoms with Crippen molar-refractivity contribution in [3.8, 4) is 0 Å². The summed E-state index contributed by atoms with van der Waals surface area (Å²) in [5, 5.41) is 13.9. The van der Waals surface area contributed by atoms with Gasteiger partial charge in [-0.15, -0.1) is 11.3 Å². The van der Waals surface area contributed by atoms with E-state index in [2.05, 4.69) is 26.5 Å². The van der Waals surface area contributed by atoms with Gasteiger partial charge in [0.05, 0.1) is 14.4 Å². The summed E-state index contributed by atoms with van der Waals surface area (Å²) in [5.41, 5.74) is 3.61. The van der Waals surface area contributed by atoms with E-state index in [0.717, 1.165) is 8.66 Å². The molecular formula is C14H13BrN2O2S. The lowest BCUT2D eigenvalue weighted by atomic mass is 10.1. The van der Waals surface area contributed by atoms with E-state index in [0.29, 0.717) is 11.3 Å². The van der Waals surface area contributed by atoms with Crippen LogP contribution in [-0.2, 0) is 4.79 Å². The maximum absolute atomic E-state index is 11.8. The van der Waals surface area contributed by atoms with Gasteiger partial charge in [-0.25, -0.2) is 5.43 Å². The number of nitrogens with zero attached hydrogens (tertiary/aromatic N) is 1. The highest BCUT2D eigenvalue weighted by Crippen LogP contribution is 2.22. The Bertz CT molecular complexity index is 625. The minimum atomic E-state index is -1.22. The summed E-state index contributed by atoms with van der Waals surface area (Å²) in [6, 6.07) is 12.6. The van der Waals surface area contributed by atoms with Gasteiger partial charge in [0.2, 0.25) is 0 Å². The smallest absolute Gasteiger partial charge is 0.273 e. The Balaban J connectivity index is 2.01. The first-order valence-electron chi connectivity index (χ1n) is 5.91. The molecule has 2 aromatic rings. The first kappa shape index (κ1) is 14.9. The van der Waals surface area contributed by atoms with Crippen LogP contribution in [0, 0.1) is 0 Å². The molecule has 2 N–H and O–H groups in total. The van der Waals surface area contributed by atoms with Crippen LogP contribution in [0.15, 0.2) is 51.4 Å². The normalized spacial score (nSPS) is 13.1. The van der Waals surface area contributed by atoms with Crippen LogP contribution in [0.1, 0.15) is 23.5 Å². The number of aliphatic hydroxyl groups excluding tert-OH is 1. The molecule has 1 amide bonds. The van der Waals surface area contributed by atoms with Gasteiger partial charge in [0.1, 0.15) is 0 Å². The van der Waals surface area contributed by atoms with E-state index in [1.165, 1.54) is 11.3 Å². The Morgan fingerprint density at radius 2 is 2.00 bits per heavy atom. The van der Waals surface area contributed by atoms with Gasteiger partial charge in [0.15, 0.2) is 6.10 Å². The first-order chi connectivity index (χ1) is 9.58. The summed E-state index contributed by atoms with van der Waals surface area (Å²) in [4.78, 5) is 12.8. The number of hydrogen-bond donors (Lipinski definition) is 2. The number of halogens is 1. The van der Waals surface area contributed by atoms with Crippen molar-refractivity contribution in [3.05, 3.63) is 56.7 Å². The van der Waals surface area contributed by atoms with Gasteiger partial charge in [-0.3, -0.25) is 4.79 Å². The van der Waals surface area contributed by atoms with E-state index >= 15 is 0 Å². The second-order valence-corrected chi connectivity index (χ2v) is 6.55. The zero-order valence-electron chi connectivity index (χ0n) is 10.7. The molecule has 104 valence electrons. The zero-order chi connectivity index (χ0) is 14.5. The van der Waals surface area contributed by atoms with Crippen LogP contribution in [0.2, 0.25) is 0 Å². The van der Waals surface area contributed by atoms with E-state index in [-0.39, 0.29) is 0 Å².